The Labute approximate surface area is 137 Å². The molecule has 5 rings (SSSR count). The molecule has 23 heavy (non-hydrogen) atoms. The van der Waals surface area contributed by atoms with Gasteiger partial charge in [-0.1, -0.05) is 19.1 Å². The molecule has 3 heteroatoms. The molecule has 0 aromatic heterocycles. The van der Waals surface area contributed by atoms with Crippen molar-refractivity contribution in [3.05, 3.63) is 23.8 Å². The molecule has 2 bridgehead atoms. The van der Waals surface area contributed by atoms with Crippen LogP contribution < -0.4 is 0 Å². The number of allylic oxidation sites excluding steroid dienone is 3. The lowest BCUT2D eigenvalue weighted by atomic mass is 9.48. The molecule has 0 aromatic rings. The second-order valence-electron chi connectivity index (χ2n) is 8.64. The summed E-state index contributed by atoms with van der Waals surface area (Å²) < 4.78 is 5.91. The number of carbonyl (C=O) groups excluding carboxylic acids is 2. The molecule has 0 radical (unpaired) electrons. The second kappa shape index (κ2) is 4.44. The van der Waals surface area contributed by atoms with Gasteiger partial charge in [-0.25, -0.2) is 0 Å². The molecular weight excluding hydrogens is 288 g/mol. The van der Waals surface area contributed by atoms with Crippen molar-refractivity contribution in [1.29, 1.82) is 0 Å². The lowest BCUT2D eigenvalue weighted by Crippen LogP contribution is -2.55. The normalized spacial score (nSPS) is 50.9. The smallest absolute Gasteiger partial charge is 0.161 e. The molecule has 5 aliphatic rings. The van der Waals surface area contributed by atoms with Crippen molar-refractivity contribution in [1.82, 2.24) is 0 Å². The number of Topliss-reactive ketones (excluding diaryl/α,β-unsaturated/α-hetero) is 1. The van der Waals surface area contributed by atoms with Crippen LogP contribution in [-0.2, 0) is 14.3 Å². The number of fused-ring (bicyclic) bond motifs is 4. The molecule has 1 saturated heterocycles. The molecular formula is C20H24O3. The van der Waals surface area contributed by atoms with Gasteiger partial charge in [-0.15, -0.1) is 0 Å². The first-order chi connectivity index (χ1) is 11.0. The van der Waals surface area contributed by atoms with E-state index >= 15 is 0 Å². The number of hydrogen-bond acceptors (Lipinski definition) is 3. The van der Waals surface area contributed by atoms with Crippen LogP contribution in [-0.4, -0.2) is 24.8 Å². The van der Waals surface area contributed by atoms with Gasteiger partial charge in [0.25, 0.3) is 0 Å². The maximum absolute atomic E-state index is 12.4. The largest absolute Gasteiger partial charge is 0.380 e. The molecule has 0 amide bonds. The van der Waals surface area contributed by atoms with Gasteiger partial charge in [0.15, 0.2) is 5.78 Å². The summed E-state index contributed by atoms with van der Waals surface area (Å²) in [7, 11) is 0. The predicted octanol–water partition coefficient (Wildman–Crippen LogP) is 3.10. The summed E-state index contributed by atoms with van der Waals surface area (Å²) in [6.45, 7) is 3.54. The van der Waals surface area contributed by atoms with E-state index in [2.05, 4.69) is 19.1 Å². The first-order valence-corrected chi connectivity index (χ1v) is 9.10. The van der Waals surface area contributed by atoms with Gasteiger partial charge in [0.1, 0.15) is 5.78 Å². The highest BCUT2D eigenvalue weighted by atomic mass is 16.5. The second-order valence-corrected chi connectivity index (χ2v) is 8.64. The number of carbonyl (C=O) groups is 2. The van der Waals surface area contributed by atoms with E-state index in [9.17, 15) is 9.59 Å². The van der Waals surface area contributed by atoms with Crippen LogP contribution in [0.5, 0.6) is 0 Å². The number of rotatable bonds is 0. The van der Waals surface area contributed by atoms with E-state index in [4.69, 9.17) is 4.74 Å². The fourth-order valence-electron chi connectivity index (χ4n) is 6.52. The first-order valence-electron chi connectivity index (χ1n) is 9.10. The van der Waals surface area contributed by atoms with Gasteiger partial charge in [-0.05, 0) is 55.1 Å². The lowest BCUT2D eigenvalue weighted by molar-refractivity contribution is -0.140. The van der Waals surface area contributed by atoms with Crippen LogP contribution in [0.25, 0.3) is 0 Å². The van der Waals surface area contributed by atoms with Crippen LogP contribution in [0.4, 0.5) is 0 Å². The minimum Gasteiger partial charge on any atom is -0.380 e. The highest BCUT2D eigenvalue weighted by molar-refractivity contribution is 5.94. The van der Waals surface area contributed by atoms with E-state index < -0.39 is 0 Å². The maximum atomic E-state index is 12.4. The molecule has 4 aliphatic carbocycles. The minimum absolute atomic E-state index is 0.0310. The van der Waals surface area contributed by atoms with E-state index in [1.54, 1.807) is 0 Å². The van der Waals surface area contributed by atoms with Crippen molar-refractivity contribution in [2.24, 2.45) is 34.5 Å². The summed E-state index contributed by atoms with van der Waals surface area (Å²) in [5, 5.41) is 0. The van der Waals surface area contributed by atoms with Gasteiger partial charge in [0.2, 0.25) is 0 Å². The zero-order valence-corrected chi connectivity index (χ0v) is 13.7. The summed E-state index contributed by atoms with van der Waals surface area (Å²) in [4.78, 5) is 24.7. The average Bonchev–Trinajstić information content (AvgIpc) is 2.85. The monoisotopic (exact) mass is 312 g/mol. The summed E-state index contributed by atoms with van der Waals surface area (Å²) in [6.07, 6.45) is 11.3. The van der Waals surface area contributed by atoms with Gasteiger partial charge >= 0.3 is 0 Å². The Hall–Kier alpha value is -1.22. The maximum Gasteiger partial charge on any atom is 0.161 e. The molecule has 0 unspecified atom stereocenters. The van der Waals surface area contributed by atoms with Crippen molar-refractivity contribution in [2.75, 3.05) is 13.2 Å². The lowest BCUT2D eigenvalue weighted by Gasteiger charge is -2.57. The van der Waals surface area contributed by atoms with Crippen molar-refractivity contribution in [3.8, 4) is 0 Å². The SMILES string of the molecule is C[C@]12CC[C@H]3[C@@H](C=CC4=CC(=O)[C@H]5COC[C@@]43C5)[C@@H]1CCC2=O. The third kappa shape index (κ3) is 1.64. The highest BCUT2D eigenvalue weighted by Crippen LogP contribution is 2.63. The Balaban J connectivity index is 1.61. The molecule has 1 aliphatic heterocycles. The zero-order chi connectivity index (χ0) is 15.8. The van der Waals surface area contributed by atoms with Gasteiger partial charge in [0, 0.05) is 23.2 Å². The summed E-state index contributed by atoms with van der Waals surface area (Å²) in [6, 6.07) is 0. The molecule has 0 N–H and O–H groups in total. The molecule has 3 nitrogen and oxygen atoms in total. The van der Waals surface area contributed by atoms with E-state index in [0.717, 1.165) is 38.7 Å². The van der Waals surface area contributed by atoms with Gasteiger partial charge in [-0.2, -0.15) is 0 Å². The zero-order valence-electron chi connectivity index (χ0n) is 13.7. The van der Waals surface area contributed by atoms with E-state index in [-0.39, 0.29) is 22.5 Å². The van der Waals surface area contributed by atoms with Crippen molar-refractivity contribution >= 4 is 11.6 Å². The Morgan fingerprint density at radius 3 is 2.96 bits per heavy atom. The van der Waals surface area contributed by atoms with E-state index in [1.165, 1.54) is 5.57 Å². The average molecular weight is 312 g/mol. The Kier molecular flexibility index (Phi) is 2.73. The number of ether oxygens (including phenoxy) is 1. The van der Waals surface area contributed by atoms with Gasteiger partial charge in [0.05, 0.1) is 13.2 Å². The van der Waals surface area contributed by atoms with Gasteiger partial charge in [-0.3, -0.25) is 9.59 Å². The third-order valence-electron chi connectivity index (χ3n) is 7.81. The molecule has 1 heterocycles. The molecule has 0 aromatic carbocycles. The van der Waals surface area contributed by atoms with Crippen LogP contribution >= 0.6 is 0 Å². The first kappa shape index (κ1) is 14.2. The minimum atomic E-state index is -0.108. The fraction of sp³-hybridized carbons (Fsp3) is 0.700. The van der Waals surface area contributed by atoms with E-state index in [0.29, 0.717) is 30.1 Å². The Morgan fingerprint density at radius 2 is 2.09 bits per heavy atom. The van der Waals surface area contributed by atoms with Crippen molar-refractivity contribution in [2.45, 2.75) is 39.0 Å². The third-order valence-corrected chi connectivity index (χ3v) is 7.81. The molecule has 2 saturated carbocycles. The summed E-state index contributed by atoms with van der Waals surface area (Å²) >= 11 is 0. The topological polar surface area (TPSA) is 43.4 Å². The molecule has 1 spiro atoms. The molecule has 122 valence electrons. The summed E-state index contributed by atoms with van der Waals surface area (Å²) in [5.74, 6) is 2.28. The van der Waals surface area contributed by atoms with Crippen LogP contribution in [0, 0.1) is 34.5 Å². The number of ketones is 2. The van der Waals surface area contributed by atoms with Crippen molar-refractivity contribution < 1.29 is 14.3 Å². The van der Waals surface area contributed by atoms with Crippen LogP contribution in [0.1, 0.15) is 39.0 Å². The summed E-state index contributed by atoms with van der Waals surface area (Å²) in [5.41, 5.74) is 1.12. The Bertz CT molecular complexity index is 660. The highest BCUT2D eigenvalue weighted by Gasteiger charge is 2.60. The number of hydrogen-bond donors (Lipinski definition) is 0. The quantitative estimate of drug-likeness (QED) is 0.690. The Morgan fingerprint density at radius 1 is 1.22 bits per heavy atom. The van der Waals surface area contributed by atoms with Crippen LogP contribution in [0.2, 0.25) is 0 Å². The molecule has 3 fully saturated rings. The van der Waals surface area contributed by atoms with Crippen LogP contribution in [0.3, 0.4) is 0 Å². The standard InChI is InChI=1S/C20H24O3/c1-19-7-6-16-14(15(19)4-5-18(19)22)3-2-13-8-17(21)12-9-20(13,16)11-23-10-12/h2-3,8,12,14-16H,4-7,9-11H2,1H3/t12-,14+,15+,16+,19+,20+/m1/s1. The van der Waals surface area contributed by atoms with Gasteiger partial charge < -0.3 is 4.74 Å². The predicted molar refractivity (Wildman–Crippen MR) is 85.6 cm³/mol. The van der Waals surface area contributed by atoms with E-state index in [1.807, 2.05) is 6.08 Å². The fourth-order valence-corrected chi connectivity index (χ4v) is 6.52. The molecule has 6 atom stereocenters. The van der Waals surface area contributed by atoms with Crippen molar-refractivity contribution in [3.63, 3.8) is 0 Å². The van der Waals surface area contributed by atoms with Crippen LogP contribution in [0.15, 0.2) is 23.8 Å².